The van der Waals surface area contributed by atoms with E-state index in [0.29, 0.717) is 12.8 Å². The van der Waals surface area contributed by atoms with Gasteiger partial charge in [0.15, 0.2) is 11.5 Å². The molecule has 0 aromatic heterocycles. The maximum absolute atomic E-state index is 5.44. The summed E-state index contributed by atoms with van der Waals surface area (Å²) in [4.78, 5) is 0. The molecule has 0 aliphatic carbocycles. The van der Waals surface area contributed by atoms with Crippen molar-refractivity contribution in [1.29, 1.82) is 0 Å². The standard InChI is InChI=1S/C13H19NO2S/c1-9-6-12-13(16-8-15-12)7-10(9)11(14-2)4-5-17-3/h6-7,11,14H,4-5,8H2,1-3H3. The van der Waals surface area contributed by atoms with E-state index < -0.39 is 0 Å². The molecule has 1 atom stereocenters. The Morgan fingerprint density at radius 1 is 1.35 bits per heavy atom. The fraction of sp³-hybridized carbons (Fsp3) is 0.538. The maximum Gasteiger partial charge on any atom is 0.231 e. The summed E-state index contributed by atoms with van der Waals surface area (Å²) < 4.78 is 10.8. The predicted molar refractivity (Wildman–Crippen MR) is 72.1 cm³/mol. The quantitative estimate of drug-likeness (QED) is 0.874. The molecule has 3 nitrogen and oxygen atoms in total. The largest absolute Gasteiger partial charge is 0.454 e. The molecule has 1 unspecified atom stereocenters. The first-order chi connectivity index (χ1) is 8.26. The second-order valence-corrected chi connectivity index (χ2v) is 5.17. The molecule has 1 N–H and O–H groups in total. The van der Waals surface area contributed by atoms with Crippen molar-refractivity contribution in [2.45, 2.75) is 19.4 Å². The number of benzene rings is 1. The first-order valence-corrected chi connectivity index (χ1v) is 7.22. The Kier molecular flexibility index (Phi) is 4.18. The number of rotatable bonds is 5. The number of hydrogen-bond acceptors (Lipinski definition) is 4. The Morgan fingerprint density at radius 3 is 2.71 bits per heavy atom. The van der Waals surface area contributed by atoms with Gasteiger partial charge in [-0.3, -0.25) is 0 Å². The molecule has 94 valence electrons. The first kappa shape index (κ1) is 12.6. The van der Waals surface area contributed by atoms with Crippen molar-refractivity contribution >= 4 is 11.8 Å². The molecule has 17 heavy (non-hydrogen) atoms. The fourth-order valence-corrected chi connectivity index (χ4v) is 2.60. The zero-order valence-electron chi connectivity index (χ0n) is 10.6. The van der Waals surface area contributed by atoms with Crippen molar-refractivity contribution in [3.8, 4) is 11.5 Å². The summed E-state index contributed by atoms with van der Waals surface area (Å²) in [5.74, 6) is 2.89. The Hall–Kier alpha value is -0.870. The van der Waals surface area contributed by atoms with E-state index in [9.17, 15) is 0 Å². The zero-order valence-corrected chi connectivity index (χ0v) is 11.4. The molecule has 1 aliphatic rings. The van der Waals surface area contributed by atoms with Gasteiger partial charge in [-0.15, -0.1) is 0 Å². The number of thioether (sulfide) groups is 1. The van der Waals surface area contributed by atoms with Gasteiger partial charge in [-0.05, 0) is 55.7 Å². The molecule has 0 amide bonds. The minimum absolute atomic E-state index is 0.341. The van der Waals surface area contributed by atoms with Gasteiger partial charge in [0.25, 0.3) is 0 Å². The van der Waals surface area contributed by atoms with E-state index in [-0.39, 0.29) is 0 Å². The summed E-state index contributed by atoms with van der Waals surface area (Å²) in [5.41, 5.74) is 2.57. The van der Waals surface area contributed by atoms with Gasteiger partial charge >= 0.3 is 0 Å². The normalized spacial score (nSPS) is 15.0. The third-order valence-corrected chi connectivity index (χ3v) is 3.74. The zero-order chi connectivity index (χ0) is 12.3. The molecule has 1 aromatic carbocycles. The predicted octanol–water partition coefficient (Wildman–Crippen LogP) is 2.74. The van der Waals surface area contributed by atoms with Crippen LogP contribution in [0.1, 0.15) is 23.6 Å². The Bertz CT molecular complexity index is 395. The van der Waals surface area contributed by atoms with Gasteiger partial charge in [-0.1, -0.05) is 0 Å². The number of ether oxygens (including phenoxy) is 2. The van der Waals surface area contributed by atoms with Crippen molar-refractivity contribution in [2.24, 2.45) is 0 Å². The summed E-state index contributed by atoms with van der Waals surface area (Å²) >= 11 is 1.88. The molecule has 1 aliphatic heterocycles. The average molecular weight is 253 g/mol. The first-order valence-electron chi connectivity index (χ1n) is 5.82. The lowest BCUT2D eigenvalue weighted by molar-refractivity contribution is 0.174. The van der Waals surface area contributed by atoms with E-state index in [1.807, 2.05) is 18.8 Å². The lowest BCUT2D eigenvalue weighted by atomic mass is 9.98. The molecule has 0 saturated carbocycles. The molecular formula is C13H19NO2S. The minimum Gasteiger partial charge on any atom is -0.454 e. The molecule has 1 aromatic rings. The van der Waals surface area contributed by atoms with Gasteiger partial charge in [-0.2, -0.15) is 11.8 Å². The van der Waals surface area contributed by atoms with E-state index in [2.05, 4.69) is 30.6 Å². The number of hydrogen-bond donors (Lipinski definition) is 1. The van der Waals surface area contributed by atoms with Crippen LogP contribution in [0.15, 0.2) is 12.1 Å². The lowest BCUT2D eigenvalue weighted by Crippen LogP contribution is -2.18. The lowest BCUT2D eigenvalue weighted by Gasteiger charge is -2.19. The summed E-state index contributed by atoms with van der Waals surface area (Å²) in [7, 11) is 2.01. The van der Waals surface area contributed by atoms with Gasteiger partial charge in [-0.25, -0.2) is 0 Å². The van der Waals surface area contributed by atoms with Crippen molar-refractivity contribution in [2.75, 3.05) is 25.8 Å². The average Bonchev–Trinajstić information content (AvgIpc) is 2.77. The minimum atomic E-state index is 0.341. The van der Waals surface area contributed by atoms with Gasteiger partial charge in [0.2, 0.25) is 6.79 Å². The van der Waals surface area contributed by atoms with Crippen LogP contribution in [0.2, 0.25) is 0 Å². The van der Waals surface area contributed by atoms with Crippen molar-refractivity contribution in [1.82, 2.24) is 5.32 Å². The molecule has 0 fully saturated rings. The Balaban J connectivity index is 2.24. The van der Waals surface area contributed by atoms with E-state index in [1.165, 1.54) is 11.1 Å². The fourth-order valence-electron chi connectivity index (χ4n) is 2.13. The van der Waals surface area contributed by atoms with Crippen LogP contribution in [-0.4, -0.2) is 25.8 Å². The van der Waals surface area contributed by atoms with E-state index in [4.69, 9.17) is 9.47 Å². The molecule has 0 saturated heterocycles. The molecule has 0 spiro atoms. The second kappa shape index (κ2) is 5.65. The van der Waals surface area contributed by atoms with Gasteiger partial charge in [0, 0.05) is 6.04 Å². The van der Waals surface area contributed by atoms with Gasteiger partial charge in [0.05, 0.1) is 0 Å². The number of nitrogens with one attached hydrogen (secondary N) is 1. The highest BCUT2D eigenvalue weighted by molar-refractivity contribution is 7.98. The maximum atomic E-state index is 5.44. The molecule has 2 rings (SSSR count). The van der Waals surface area contributed by atoms with E-state index in [1.54, 1.807) is 0 Å². The van der Waals surface area contributed by atoms with Crippen LogP contribution in [0.5, 0.6) is 11.5 Å². The Morgan fingerprint density at radius 2 is 2.06 bits per heavy atom. The molecule has 4 heteroatoms. The van der Waals surface area contributed by atoms with Crippen LogP contribution < -0.4 is 14.8 Å². The second-order valence-electron chi connectivity index (χ2n) is 4.18. The molecule has 1 heterocycles. The summed E-state index contributed by atoms with van der Waals surface area (Å²) in [6.45, 7) is 2.47. The van der Waals surface area contributed by atoms with Crippen molar-refractivity contribution < 1.29 is 9.47 Å². The highest BCUT2D eigenvalue weighted by Gasteiger charge is 2.19. The Labute approximate surface area is 107 Å². The third kappa shape index (κ3) is 2.69. The van der Waals surface area contributed by atoms with Crippen LogP contribution in [0, 0.1) is 6.92 Å². The topological polar surface area (TPSA) is 30.5 Å². The van der Waals surface area contributed by atoms with E-state index >= 15 is 0 Å². The van der Waals surface area contributed by atoms with Crippen LogP contribution in [0.25, 0.3) is 0 Å². The summed E-state index contributed by atoms with van der Waals surface area (Å²) in [5, 5.41) is 3.38. The highest BCUT2D eigenvalue weighted by Crippen LogP contribution is 2.37. The summed E-state index contributed by atoms with van der Waals surface area (Å²) in [6, 6.07) is 4.57. The van der Waals surface area contributed by atoms with Crippen LogP contribution in [0.4, 0.5) is 0 Å². The highest BCUT2D eigenvalue weighted by atomic mass is 32.2. The summed E-state index contributed by atoms with van der Waals surface area (Å²) in [6.07, 6.45) is 3.26. The monoisotopic (exact) mass is 253 g/mol. The van der Waals surface area contributed by atoms with Gasteiger partial charge < -0.3 is 14.8 Å². The molecular weight excluding hydrogens is 234 g/mol. The van der Waals surface area contributed by atoms with E-state index in [0.717, 1.165) is 23.7 Å². The number of fused-ring (bicyclic) bond motifs is 1. The van der Waals surface area contributed by atoms with Crippen molar-refractivity contribution in [3.05, 3.63) is 23.3 Å². The molecule has 0 radical (unpaired) electrons. The SMILES string of the molecule is CNC(CCSC)c1cc2c(cc1C)OCO2. The van der Waals surface area contributed by atoms with Crippen LogP contribution in [0.3, 0.4) is 0 Å². The molecule has 0 bridgehead atoms. The number of aryl methyl sites for hydroxylation is 1. The van der Waals surface area contributed by atoms with Crippen molar-refractivity contribution in [3.63, 3.8) is 0 Å². The smallest absolute Gasteiger partial charge is 0.231 e. The third-order valence-electron chi connectivity index (χ3n) is 3.10. The van der Waals surface area contributed by atoms with Gasteiger partial charge in [0.1, 0.15) is 0 Å². The van der Waals surface area contributed by atoms with Crippen LogP contribution in [-0.2, 0) is 0 Å². The van der Waals surface area contributed by atoms with Crippen LogP contribution >= 0.6 is 11.8 Å².